The van der Waals surface area contributed by atoms with Crippen molar-refractivity contribution in [3.05, 3.63) is 80.7 Å². The maximum Gasteiger partial charge on any atom is 0.416 e. The number of carbonyl (C=O) groups is 1. The minimum Gasteiger partial charge on any atom is -0.327 e. The van der Waals surface area contributed by atoms with Gasteiger partial charge in [-0.15, -0.1) is 0 Å². The summed E-state index contributed by atoms with van der Waals surface area (Å²) in [6, 6.07) is 9.39. The Bertz CT molecular complexity index is 1460. The van der Waals surface area contributed by atoms with Gasteiger partial charge in [0.05, 0.1) is 16.6 Å². The summed E-state index contributed by atoms with van der Waals surface area (Å²) in [4.78, 5) is 34.0. The molecular weight excluding hydrogens is 447 g/mol. The Morgan fingerprint density at radius 3 is 2.66 bits per heavy atom. The van der Waals surface area contributed by atoms with Gasteiger partial charge in [0.15, 0.2) is 16.9 Å². The number of alkyl halides is 3. The van der Waals surface area contributed by atoms with E-state index in [-0.39, 0.29) is 16.7 Å². The molecule has 7 nitrogen and oxygen atoms in total. The minimum atomic E-state index is -4.48. The van der Waals surface area contributed by atoms with Crippen molar-refractivity contribution in [1.29, 1.82) is 0 Å². The van der Waals surface area contributed by atoms with Gasteiger partial charge in [0.2, 0.25) is 5.43 Å². The van der Waals surface area contributed by atoms with E-state index in [1.807, 2.05) is 0 Å². The third-order valence-corrected chi connectivity index (χ3v) is 4.75. The molecule has 1 N–H and O–H groups in total. The molecule has 2 aromatic heterocycles. The highest BCUT2D eigenvalue weighted by Gasteiger charge is 2.30. The zero-order chi connectivity index (χ0) is 23.0. The summed E-state index contributed by atoms with van der Waals surface area (Å²) < 4.78 is 39.7. The fourth-order valence-corrected chi connectivity index (χ4v) is 3.17. The number of fused-ring (bicyclic) bond motifs is 2. The highest BCUT2D eigenvalue weighted by atomic mass is 35.5. The number of hydrogen-bond acceptors (Lipinski definition) is 5. The van der Waals surface area contributed by atoms with E-state index in [1.165, 1.54) is 29.9 Å². The summed E-state index contributed by atoms with van der Waals surface area (Å²) in [5.41, 5.74) is -0.786. The van der Waals surface area contributed by atoms with Crippen LogP contribution < -0.4 is 10.7 Å². The number of aryl methyl sites for hydroxylation is 1. The molecule has 162 valence electrons. The molecule has 4 aromatic rings. The molecule has 32 heavy (non-hydrogen) atoms. The van der Waals surface area contributed by atoms with Crippen molar-refractivity contribution in [3.8, 4) is 0 Å². The van der Waals surface area contributed by atoms with Crippen molar-refractivity contribution in [3.63, 3.8) is 0 Å². The molecule has 2 aromatic carbocycles. The number of nitrogens with zero attached hydrogens (tertiary/aromatic N) is 4. The van der Waals surface area contributed by atoms with Crippen LogP contribution in [-0.4, -0.2) is 25.7 Å². The number of halogens is 4. The maximum absolute atomic E-state index is 12.8. The smallest absolute Gasteiger partial charge is 0.327 e. The quantitative estimate of drug-likeness (QED) is 0.468. The fraction of sp³-hybridized carbons (Fsp3) is 0.0952. The molecule has 0 saturated carbocycles. The number of amides is 1. The Balaban J connectivity index is 1.65. The average molecular weight is 460 g/mol. The van der Waals surface area contributed by atoms with E-state index in [0.29, 0.717) is 16.1 Å². The van der Waals surface area contributed by atoms with Gasteiger partial charge in [-0.25, -0.2) is 14.6 Å². The van der Waals surface area contributed by atoms with Crippen molar-refractivity contribution >= 4 is 45.8 Å². The number of nitrogens with one attached hydrogen (secondary N) is 1. The van der Waals surface area contributed by atoms with Crippen LogP contribution in [0.4, 0.5) is 13.2 Å². The van der Waals surface area contributed by atoms with Gasteiger partial charge in [-0.1, -0.05) is 23.7 Å². The summed E-state index contributed by atoms with van der Waals surface area (Å²) in [6.45, 7) is 0. The van der Waals surface area contributed by atoms with Crippen LogP contribution in [0.25, 0.3) is 28.3 Å². The van der Waals surface area contributed by atoms with Crippen molar-refractivity contribution in [2.75, 3.05) is 0 Å². The molecule has 0 aliphatic carbocycles. The van der Waals surface area contributed by atoms with E-state index in [0.717, 1.165) is 18.3 Å². The van der Waals surface area contributed by atoms with Crippen molar-refractivity contribution < 1.29 is 18.0 Å². The van der Waals surface area contributed by atoms with Crippen molar-refractivity contribution in [2.24, 2.45) is 7.05 Å². The first-order valence-electron chi connectivity index (χ1n) is 9.12. The molecule has 0 atom stereocenters. The van der Waals surface area contributed by atoms with Crippen LogP contribution in [0.15, 0.2) is 53.5 Å². The zero-order valence-electron chi connectivity index (χ0n) is 16.3. The van der Waals surface area contributed by atoms with Crippen LogP contribution in [-0.2, 0) is 13.2 Å². The summed E-state index contributed by atoms with van der Waals surface area (Å²) in [6.07, 6.45) is -2.08. The Morgan fingerprint density at radius 1 is 1.12 bits per heavy atom. The number of benzene rings is 2. The third-order valence-electron chi connectivity index (χ3n) is 4.51. The summed E-state index contributed by atoms with van der Waals surface area (Å²) in [7, 11) is 1.51. The molecule has 11 heteroatoms. The Morgan fingerprint density at radius 2 is 1.91 bits per heavy atom. The van der Waals surface area contributed by atoms with Gasteiger partial charge in [0, 0.05) is 18.3 Å². The van der Waals surface area contributed by atoms with E-state index in [9.17, 15) is 22.8 Å². The number of hydrogen-bond donors (Lipinski definition) is 1. The molecule has 0 aliphatic heterocycles. The molecule has 0 fully saturated rings. The van der Waals surface area contributed by atoms with Gasteiger partial charge in [0.1, 0.15) is 0 Å². The molecule has 0 radical (unpaired) electrons. The minimum absolute atomic E-state index is 0.0655. The second kappa shape index (κ2) is 8.04. The lowest BCUT2D eigenvalue weighted by atomic mass is 10.1. The Labute approximate surface area is 183 Å². The molecule has 1 amide bonds. The van der Waals surface area contributed by atoms with E-state index in [1.54, 1.807) is 18.2 Å². The lowest BCUT2D eigenvalue weighted by Crippen LogP contribution is -2.29. The second-order valence-electron chi connectivity index (χ2n) is 6.76. The molecule has 4 rings (SSSR count). The molecule has 0 spiro atoms. The van der Waals surface area contributed by atoms with E-state index in [4.69, 9.17) is 11.6 Å². The largest absolute Gasteiger partial charge is 0.416 e. The lowest BCUT2D eigenvalue weighted by Gasteiger charge is -2.08. The van der Waals surface area contributed by atoms with Crippen LogP contribution in [0, 0.1) is 0 Å². The number of rotatable bonds is 3. The van der Waals surface area contributed by atoms with E-state index in [2.05, 4.69) is 20.4 Å². The molecule has 0 saturated heterocycles. The normalized spacial score (nSPS) is 12.0. The lowest BCUT2D eigenvalue weighted by molar-refractivity contribution is -0.137. The van der Waals surface area contributed by atoms with Crippen LogP contribution in [0.1, 0.15) is 21.6 Å². The first kappa shape index (κ1) is 21.4. The molecule has 2 heterocycles. The van der Waals surface area contributed by atoms with E-state index >= 15 is 0 Å². The van der Waals surface area contributed by atoms with E-state index < -0.39 is 28.8 Å². The first-order valence-corrected chi connectivity index (χ1v) is 9.50. The van der Waals surface area contributed by atoms with Gasteiger partial charge in [-0.3, -0.25) is 9.59 Å². The molecule has 0 aliphatic rings. The van der Waals surface area contributed by atoms with Crippen molar-refractivity contribution in [2.45, 2.75) is 6.18 Å². The topological polar surface area (TPSA) is 89.8 Å². The highest BCUT2D eigenvalue weighted by Crippen LogP contribution is 2.29. The molecule has 0 unspecified atom stereocenters. The van der Waals surface area contributed by atoms with Gasteiger partial charge < -0.3 is 5.32 Å². The van der Waals surface area contributed by atoms with Crippen LogP contribution in [0.3, 0.4) is 0 Å². The van der Waals surface area contributed by atoms with Crippen LogP contribution >= 0.6 is 11.6 Å². The number of aromatic nitrogens is 4. The second-order valence-corrected chi connectivity index (χ2v) is 7.20. The predicted octanol–water partition coefficient (Wildman–Crippen LogP) is 3.95. The SMILES string of the molecule is Cn1nc(C(=O)N/C=C/c2cccc(C(F)(F)F)c2)c(=O)c2nc3cc(Cl)ccc3nc21. The summed E-state index contributed by atoms with van der Waals surface area (Å²) in [5.74, 6) is -0.844. The van der Waals surface area contributed by atoms with Gasteiger partial charge >= 0.3 is 6.18 Å². The molecular formula is C21H13ClF3N5O2. The maximum atomic E-state index is 12.8. The summed E-state index contributed by atoms with van der Waals surface area (Å²) >= 11 is 5.97. The third kappa shape index (κ3) is 4.17. The summed E-state index contributed by atoms with van der Waals surface area (Å²) in [5, 5.41) is 6.73. The van der Waals surface area contributed by atoms with Gasteiger partial charge in [-0.05, 0) is 42.0 Å². The Hall–Kier alpha value is -3.79. The number of carbonyl (C=O) groups excluding carboxylic acids is 1. The van der Waals surface area contributed by atoms with Crippen LogP contribution in [0.5, 0.6) is 0 Å². The average Bonchev–Trinajstić information content (AvgIpc) is 2.74. The Kier molecular flexibility index (Phi) is 5.39. The van der Waals surface area contributed by atoms with Crippen molar-refractivity contribution in [1.82, 2.24) is 25.1 Å². The van der Waals surface area contributed by atoms with Gasteiger partial charge in [-0.2, -0.15) is 18.3 Å². The van der Waals surface area contributed by atoms with Crippen LogP contribution in [0.2, 0.25) is 5.02 Å². The standard InChI is InChI=1S/C21H13ClF3N5O2/c1-30-19-16(27-15-10-13(22)5-6-14(15)28-19)18(31)17(29-30)20(32)26-8-7-11-3-2-4-12(9-11)21(23,24)25/h2-10H,1H3,(H,26,32)/b8-7+. The monoisotopic (exact) mass is 459 g/mol. The fourth-order valence-electron chi connectivity index (χ4n) is 3.00. The zero-order valence-corrected chi connectivity index (χ0v) is 17.1. The van der Waals surface area contributed by atoms with Gasteiger partial charge in [0.25, 0.3) is 5.91 Å². The highest BCUT2D eigenvalue weighted by molar-refractivity contribution is 6.31. The predicted molar refractivity (Wildman–Crippen MR) is 113 cm³/mol. The first-order chi connectivity index (χ1) is 15.1. The molecule has 0 bridgehead atoms.